The predicted molar refractivity (Wildman–Crippen MR) is 91.6 cm³/mol. The summed E-state index contributed by atoms with van der Waals surface area (Å²) in [6.07, 6.45) is 0.218. The summed E-state index contributed by atoms with van der Waals surface area (Å²) in [5.74, 6) is 0.588. The Morgan fingerprint density at radius 1 is 1.38 bits per heavy atom. The highest BCUT2D eigenvalue weighted by Crippen LogP contribution is 2.37. The van der Waals surface area contributed by atoms with Gasteiger partial charge in [-0.15, -0.1) is 0 Å². The van der Waals surface area contributed by atoms with Gasteiger partial charge in [0.2, 0.25) is 5.88 Å². The van der Waals surface area contributed by atoms with Crippen molar-refractivity contribution < 1.29 is 9.16 Å². The van der Waals surface area contributed by atoms with Crippen molar-refractivity contribution in [2.75, 3.05) is 7.11 Å². The average Bonchev–Trinajstić information content (AvgIpc) is 2.37. The van der Waals surface area contributed by atoms with Crippen molar-refractivity contribution in [3.05, 3.63) is 23.9 Å². The van der Waals surface area contributed by atoms with Crippen molar-refractivity contribution in [3.63, 3.8) is 0 Å². The maximum absolute atomic E-state index is 6.28. The van der Waals surface area contributed by atoms with Crippen molar-refractivity contribution >= 4 is 25.7 Å². The Morgan fingerprint density at radius 3 is 2.57 bits per heavy atom. The summed E-state index contributed by atoms with van der Waals surface area (Å²) >= 11 is 4.75. The van der Waals surface area contributed by atoms with E-state index in [4.69, 9.17) is 21.4 Å². The third kappa shape index (κ3) is 5.32. The number of methoxy groups -OCH3 is 1. The molecular formula is C15H24N2O2SSi. The van der Waals surface area contributed by atoms with Gasteiger partial charge in [0.25, 0.3) is 0 Å². The third-order valence-corrected chi connectivity index (χ3v) is 8.39. The lowest BCUT2D eigenvalue weighted by Crippen LogP contribution is -2.44. The Hall–Kier alpha value is -1.07. The Bertz CT molecular complexity index is 523. The number of aliphatic imine (C=N–C) groups is 1. The molecule has 0 aliphatic carbocycles. The molecule has 0 aromatic carbocycles. The molecule has 0 unspecified atom stereocenters. The average molecular weight is 325 g/mol. The predicted octanol–water partition coefficient (Wildman–Crippen LogP) is 4.08. The second kappa shape index (κ2) is 7.27. The fraction of sp³-hybridized carbons (Fsp3) is 0.600. The molecule has 1 rings (SSSR count). The smallest absolute Gasteiger partial charge is 0.213 e. The van der Waals surface area contributed by atoms with Crippen LogP contribution in [0.2, 0.25) is 18.1 Å². The molecule has 0 aliphatic rings. The molecule has 0 radical (unpaired) electrons. The van der Waals surface area contributed by atoms with Crippen LogP contribution in [-0.2, 0) is 10.8 Å². The van der Waals surface area contributed by atoms with Crippen LogP contribution in [0.4, 0.5) is 0 Å². The van der Waals surface area contributed by atoms with Gasteiger partial charge in [0.05, 0.1) is 12.3 Å². The minimum absolute atomic E-state index is 0.115. The third-order valence-electron chi connectivity index (χ3n) is 3.81. The molecule has 0 N–H and O–H groups in total. The topological polar surface area (TPSA) is 43.7 Å². The van der Waals surface area contributed by atoms with Gasteiger partial charge in [0.1, 0.15) is 0 Å². The van der Waals surface area contributed by atoms with E-state index < -0.39 is 8.32 Å². The first-order valence-electron chi connectivity index (χ1n) is 6.94. The molecule has 0 spiro atoms. The van der Waals surface area contributed by atoms with E-state index in [2.05, 4.69) is 49.0 Å². The number of hydrogen-bond donors (Lipinski definition) is 0. The molecular weight excluding hydrogens is 300 g/mol. The first kappa shape index (κ1) is 18.0. The van der Waals surface area contributed by atoms with E-state index in [1.807, 2.05) is 18.2 Å². The quantitative estimate of drug-likeness (QED) is 0.449. The largest absolute Gasteiger partial charge is 0.481 e. The minimum atomic E-state index is -1.92. The van der Waals surface area contributed by atoms with Crippen LogP contribution >= 0.6 is 12.2 Å². The van der Waals surface area contributed by atoms with Gasteiger partial charge < -0.3 is 9.16 Å². The van der Waals surface area contributed by atoms with Gasteiger partial charge in [-0.25, -0.2) is 9.98 Å². The summed E-state index contributed by atoms with van der Waals surface area (Å²) < 4.78 is 11.4. The van der Waals surface area contributed by atoms with E-state index in [9.17, 15) is 0 Å². The molecule has 1 atom stereocenters. The maximum Gasteiger partial charge on any atom is 0.213 e. The normalized spacial score (nSPS) is 13.4. The molecule has 1 aromatic rings. The summed E-state index contributed by atoms with van der Waals surface area (Å²) in [6, 6.07) is 5.66. The fourth-order valence-electron chi connectivity index (χ4n) is 1.55. The van der Waals surface area contributed by atoms with E-state index in [0.29, 0.717) is 12.3 Å². The lowest BCUT2D eigenvalue weighted by atomic mass is 10.2. The zero-order valence-corrected chi connectivity index (χ0v) is 15.5. The number of pyridine rings is 1. The first-order valence-corrected chi connectivity index (χ1v) is 10.3. The Morgan fingerprint density at radius 2 is 2.05 bits per heavy atom. The fourth-order valence-corrected chi connectivity index (χ4v) is 2.84. The second-order valence-corrected chi connectivity index (χ2v) is 11.4. The highest BCUT2D eigenvalue weighted by atomic mass is 32.1. The van der Waals surface area contributed by atoms with Crippen LogP contribution in [0.3, 0.4) is 0 Å². The number of nitrogens with zero attached hydrogens (tertiary/aromatic N) is 2. The molecule has 0 aliphatic heterocycles. The molecule has 116 valence electrons. The highest BCUT2D eigenvalue weighted by molar-refractivity contribution is 7.78. The Labute approximate surface area is 133 Å². The molecule has 0 fully saturated rings. The van der Waals surface area contributed by atoms with Gasteiger partial charge in [-0.2, -0.15) is 0 Å². The van der Waals surface area contributed by atoms with E-state index in [1.54, 1.807) is 7.11 Å². The van der Waals surface area contributed by atoms with Gasteiger partial charge in [-0.1, -0.05) is 26.8 Å². The summed E-state index contributed by atoms with van der Waals surface area (Å²) in [4.78, 5) is 8.57. The Kier molecular flexibility index (Phi) is 6.22. The van der Waals surface area contributed by atoms with Crippen LogP contribution in [0.1, 0.15) is 26.5 Å². The number of isothiocyanates is 1. The van der Waals surface area contributed by atoms with E-state index in [1.165, 1.54) is 0 Å². The zero-order chi connectivity index (χ0) is 16.1. The molecule has 0 saturated carbocycles. The molecule has 1 heterocycles. The summed E-state index contributed by atoms with van der Waals surface area (Å²) in [5, 5.41) is 2.55. The number of hydrogen-bond acceptors (Lipinski definition) is 5. The van der Waals surface area contributed by atoms with Crippen LogP contribution in [0.15, 0.2) is 23.2 Å². The summed E-state index contributed by atoms with van der Waals surface area (Å²) in [6.45, 7) is 11.0. The second-order valence-electron chi connectivity index (χ2n) is 6.43. The lowest BCUT2D eigenvalue weighted by Gasteiger charge is -2.37. The van der Waals surface area contributed by atoms with Gasteiger partial charge >= 0.3 is 0 Å². The van der Waals surface area contributed by atoms with Crippen LogP contribution < -0.4 is 4.74 Å². The number of rotatable bonds is 6. The number of aromatic nitrogens is 1. The van der Waals surface area contributed by atoms with Crippen molar-refractivity contribution in [2.24, 2.45) is 4.99 Å². The van der Waals surface area contributed by atoms with Gasteiger partial charge in [0, 0.05) is 18.2 Å². The standard InChI is InChI=1S/C15H24N2O2SSi/c1-15(2,3)21(5,6)19-14(16-11-20)10-12-8-7-9-13(17-12)18-4/h7-9,14H,10H2,1-6H3/t14-/m0/s1. The van der Waals surface area contributed by atoms with E-state index >= 15 is 0 Å². The lowest BCUT2D eigenvalue weighted by molar-refractivity contribution is 0.189. The molecule has 0 amide bonds. The van der Waals surface area contributed by atoms with Crippen molar-refractivity contribution in [2.45, 2.75) is 51.6 Å². The van der Waals surface area contributed by atoms with Crippen LogP contribution in [0.25, 0.3) is 0 Å². The minimum Gasteiger partial charge on any atom is -0.481 e. The van der Waals surface area contributed by atoms with Crippen molar-refractivity contribution in [3.8, 4) is 5.88 Å². The Balaban J connectivity index is 2.90. The molecule has 4 nitrogen and oxygen atoms in total. The number of ether oxygens (including phenoxy) is 1. The first-order chi connectivity index (χ1) is 9.69. The van der Waals surface area contributed by atoms with E-state index in [-0.39, 0.29) is 11.3 Å². The molecule has 0 bridgehead atoms. The molecule has 0 saturated heterocycles. The van der Waals surface area contributed by atoms with Gasteiger partial charge in [-0.05, 0) is 36.4 Å². The van der Waals surface area contributed by atoms with Crippen LogP contribution in [0, 0.1) is 0 Å². The van der Waals surface area contributed by atoms with Crippen LogP contribution in [-0.4, -0.2) is 31.8 Å². The summed E-state index contributed by atoms with van der Waals surface area (Å²) in [5.41, 5.74) is 0.868. The van der Waals surface area contributed by atoms with Crippen molar-refractivity contribution in [1.82, 2.24) is 4.98 Å². The monoisotopic (exact) mass is 324 g/mol. The van der Waals surface area contributed by atoms with E-state index in [0.717, 1.165) is 5.69 Å². The van der Waals surface area contributed by atoms with Gasteiger partial charge in [-0.3, -0.25) is 0 Å². The van der Waals surface area contributed by atoms with Crippen LogP contribution in [0.5, 0.6) is 5.88 Å². The van der Waals surface area contributed by atoms with Gasteiger partial charge in [0.15, 0.2) is 14.5 Å². The summed E-state index contributed by atoms with van der Waals surface area (Å²) in [7, 11) is -0.318. The zero-order valence-electron chi connectivity index (χ0n) is 13.6. The molecule has 6 heteroatoms. The molecule has 21 heavy (non-hydrogen) atoms. The SMILES string of the molecule is COc1cccc(C[C@@H](N=C=S)O[Si](C)(C)C(C)(C)C)n1. The number of thiocarbonyl (C=S) groups is 1. The molecule has 1 aromatic heterocycles. The highest BCUT2D eigenvalue weighted by Gasteiger charge is 2.39. The van der Waals surface area contributed by atoms with Crippen molar-refractivity contribution in [1.29, 1.82) is 0 Å². The maximum atomic E-state index is 6.28.